The molecular weight excluding hydrogens is 362 g/mol. The molecule has 7 heteroatoms. The molecular formula is C21H29NO6. The lowest BCUT2D eigenvalue weighted by Gasteiger charge is -2.36. The van der Waals surface area contributed by atoms with E-state index in [-0.39, 0.29) is 17.2 Å². The first-order valence-electron chi connectivity index (χ1n) is 9.30. The SMILES string of the molecule is C=CC(=O)O/C=C\O/C=N/C1CCCC(C)(CCC(=O)C(C)OC(=O)C=C)C1. The monoisotopic (exact) mass is 391 g/mol. The molecule has 0 bridgehead atoms. The second-order valence-corrected chi connectivity index (χ2v) is 7.11. The number of esters is 2. The lowest BCUT2D eigenvalue weighted by Crippen LogP contribution is -2.30. The number of hydrogen-bond donors (Lipinski definition) is 0. The average Bonchev–Trinajstić information content (AvgIpc) is 2.68. The Kier molecular flexibility index (Phi) is 9.92. The van der Waals surface area contributed by atoms with Crippen LogP contribution >= 0.6 is 0 Å². The molecule has 0 aromatic heterocycles. The van der Waals surface area contributed by atoms with Gasteiger partial charge >= 0.3 is 11.9 Å². The number of carbonyl (C=O) groups excluding carboxylic acids is 3. The van der Waals surface area contributed by atoms with E-state index in [0.717, 1.165) is 44.1 Å². The highest BCUT2D eigenvalue weighted by molar-refractivity contribution is 5.88. The first-order valence-corrected chi connectivity index (χ1v) is 9.30. The van der Waals surface area contributed by atoms with Crippen LogP contribution in [0.4, 0.5) is 0 Å². The minimum atomic E-state index is -0.762. The van der Waals surface area contributed by atoms with Crippen molar-refractivity contribution in [1.82, 2.24) is 0 Å². The van der Waals surface area contributed by atoms with E-state index in [9.17, 15) is 14.4 Å². The molecule has 1 aliphatic rings. The van der Waals surface area contributed by atoms with Crippen LogP contribution in [0.2, 0.25) is 0 Å². The van der Waals surface area contributed by atoms with Crippen molar-refractivity contribution in [2.24, 2.45) is 10.4 Å². The van der Waals surface area contributed by atoms with Crippen LogP contribution in [-0.4, -0.2) is 36.3 Å². The number of carbonyl (C=O) groups is 3. The summed E-state index contributed by atoms with van der Waals surface area (Å²) in [5.74, 6) is -1.25. The minimum absolute atomic E-state index is 0.00654. The van der Waals surface area contributed by atoms with E-state index < -0.39 is 18.0 Å². The van der Waals surface area contributed by atoms with Crippen molar-refractivity contribution in [3.63, 3.8) is 0 Å². The quantitative estimate of drug-likeness (QED) is 0.176. The van der Waals surface area contributed by atoms with Gasteiger partial charge in [-0.25, -0.2) is 9.59 Å². The number of hydrogen-bond acceptors (Lipinski definition) is 7. The van der Waals surface area contributed by atoms with Gasteiger partial charge in [0.05, 0.1) is 6.04 Å². The first kappa shape index (κ1) is 23.3. The maximum atomic E-state index is 12.2. The first-order chi connectivity index (χ1) is 13.3. The molecule has 0 saturated heterocycles. The standard InChI is InChI=1S/C21H29NO6/c1-5-19(24)27-13-12-26-15-22-17-8-7-10-21(4,14-17)11-9-18(23)16(3)28-20(25)6-2/h5-6,12-13,15-17H,1-2,7-11,14H2,3-4H3/b13-12-,22-15+. The van der Waals surface area contributed by atoms with Gasteiger partial charge in [-0.2, -0.15) is 0 Å². The van der Waals surface area contributed by atoms with E-state index in [1.54, 1.807) is 6.92 Å². The molecule has 0 amide bonds. The highest BCUT2D eigenvalue weighted by Gasteiger charge is 2.33. The van der Waals surface area contributed by atoms with Gasteiger partial charge in [-0.3, -0.25) is 9.79 Å². The van der Waals surface area contributed by atoms with E-state index in [4.69, 9.17) is 9.47 Å². The molecule has 0 aromatic carbocycles. The molecule has 1 saturated carbocycles. The van der Waals surface area contributed by atoms with E-state index in [2.05, 4.69) is 29.8 Å². The molecule has 1 aliphatic carbocycles. The highest BCUT2D eigenvalue weighted by atomic mass is 16.5. The summed E-state index contributed by atoms with van der Waals surface area (Å²) in [4.78, 5) is 38.6. The maximum absolute atomic E-state index is 12.2. The Labute approximate surface area is 166 Å². The Bertz CT molecular complexity index is 639. The number of ketones is 1. The van der Waals surface area contributed by atoms with Crippen LogP contribution in [0.5, 0.6) is 0 Å². The van der Waals surface area contributed by atoms with Crippen molar-refractivity contribution in [3.05, 3.63) is 37.8 Å². The molecule has 3 atom stereocenters. The molecule has 0 N–H and O–H groups in total. The Morgan fingerprint density at radius 1 is 1.21 bits per heavy atom. The maximum Gasteiger partial charge on any atom is 0.335 e. The van der Waals surface area contributed by atoms with Gasteiger partial charge in [0.25, 0.3) is 0 Å². The summed E-state index contributed by atoms with van der Waals surface area (Å²) in [5.41, 5.74) is -0.00654. The zero-order valence-corrected chi connectivity index (χ0v) is 16.6. The molecule has 0 aromatic rings. The summed E-state index contributed by atoms with van der Waals surface area (Å²) in [5, 5.41) is 0. The van der Waals surface area contributed by atoms with Gasteiger partial charge in [0, 0.05) is 18.6 Å². The molecule has 7 nitrogen and oxygen atoms in total. The van der Waals surface area contributed by atoms with E-state index in [1.165, 1.54) is 12.7 Å². The van der Waals surface area contributed by atoms with Crippen LogP contribution < -0.4 is 0 Å². The number of Topliss-reactive ketones (excluding diaryl/α,β-unsaturated/α-hetero) is 1. The Morgan fingerprint density at radius 3 is 2.61 bits per heavy atom. The predicted molar refractivity (Wildman–Crippen MR) is 105 cm³/mol. The molecule has 0 heterocycles. The van der Waals surface area contributed by atoms with Crippen LogP contribution in [-0.2, 0) is 28.6 Å². The lowest BCUT2D eigenvalue weighted by molar-refractivity contribution is -0.149. The minimum Gasteiger partial charge on any atom is -0.452 e. The third kappa shape index (κ3) is 8.79. The number of ether oxygens (including phenoxy) is 3. The van der Waals surface area contributed by atoms with Crippen molar-refractivity contribution in [2.75, 3.05) is 0 Å². The predicted octanol–water partition coefficient (Wildman–Crippen LogP) is 3.65. The van der Waals surface area contributed by atoms with E-state index in [0.29, 0.717) is 12.8 Å². The lowest BCUT2D eigenvalue weighted by atomic mass is 9.70. The fraction of sp³-hybridized carbons (Fsp3) is 0.524. The molecule has 0 spiro atoms. The smallest absolute Gasteiger partial charge is 0.335 e. The number of rotatable bonds is 11. The molecule has 28 heavy (non-hydrogen) atoms. The fourth-order valence-electron chi connectivity index (χ4n) is 3.14. The molecule has 1 fully saturated rings. The number of aliphatic imine (C=N–C) groups is 1. The van der Waals surface area contributed by atoms with Crippen LogP contribution in [0.3, 0.4) is 0 Å². The zero-order valence-electron chi connectivity index (χ0n) is 16.6. The van der Waals surface area contributed by atoms with Gasteiger partial charge in [-0.15, -0.1) is 0 Å². The number of nitrogens with zero attached hydrogens (tertiary/aromatic N) is 1. The summed E-state index contributed by atoms with van der Waals surface area (Å²) >= 11 is 0. The Hall–Kier alpha value is -2.70. The molecule has 0 radical (unpaired) electrons. The highest BCUT2D eigenvalue weighted by Crippen LogP contribution is 2.41. The van der Waals surface area contributed by atoms with Crippen LogP contribution in [0.15, 0.2) is 42.8 Å². The summed E-state index contributed by atoms with van der Waals surface area (Å²) in [6, 6.07) is 0.106. The van der Waals surface area contributed by atoms with Gasteiger partial charge in [-0.05, 0) is 38.0 Å². The normalized spacial score (nSPS) is 23.1. The molecule has 3 unspecified atom stereocenters. The summed E-state index contributed by atoms with van der Waals surface area (Å²) in [6.45, 7) is 10.3. The van der Waals surface area contributed by atoms with Crippen molar-refractivity contribution in [1.29, 1.82) is 0 Å². The largest absolute Gasteiger partial charge is 0.452 e. The Morgan fingerprint density at radius 2 is 1.93 bits per heavy atom. The summed E-state index contributed by atoms with van der Waals surface area (Å²) < 4.78 is 14.7. The molecule has 0 aliphatic heterocycles. The van der Waals surface area contributed by atoms with Gasteiger partial charge < -0.3 is 14.2 Å². The van der Waals surface area contributed by atoms with E-state index in [1.807, 2.05) is 0 Å². The molecule has 1 rings (SSSR count). The third-order valence-corrected chi connectivity index (χ3v) is 4.75. The van der Waals surface area contributed by atoms with Gasteiger partial charge in [0.2, 0.25) is 0 Å². The van der Waals surface area contributed by atoms with Crippen molar-refractivity contribution >= 4 is 24.1 Å². The van der Waals surface area contributed by atoms with Crippen LogP contribution in [0, 0.1) is 5.41 Å². The molecule has 154 valence electrons. The van der Waals surface area contributed by atoms with E-state index >= 15 is 0 Å². The Balaban J connectivity index is 2.43. The second kappa shape index (κ2) is 11.9. The second-order valence-electron chi connectivity index (χ2n) is 7.11. The summed E-state index contributed by atoms with van der Waals surface area (Å²) in [6.07, 6.45) is 9.90. The topological polar surface area (TPSA) is 91.3 Å². The summed E-state index contributed by atoms with van der Waals surface area (Å²) in [7, 11) is 0. The zero-order chi connectivity index (χ0) is 21.0. The van der Waals surface area contributed by atoms with Gasteiger partial charge in [0.1, 0.15) is 12.5 Å². The van der Waals surface area contributed by atoms with Crippen LogP contribution in [0.25, 0.3) is 0 Å². The van der Waals surface area contributed by atoms with Crippen LogP contribution in [0.1, 0.15) is 52.4 Å². The van der Waals surface area contributed by atoms with Crippen molar-refractivity contribution in [3.8, 4) is 0 Å². The average molecular weight is 391 g/mol. The van der Waals surface area contributed by atoms with Gasteiger partial charge in [-0.1, -0.05) is 26.5 Å². The third-order valence-electron chi connectivity index (χ3n) is 4.75. The fourth-order valence-corrected chi connectivity index (χ4v) is 3.14. The van der Waals surface area contributed by atoms with Gasteiger partial charge in [0.15, 0.2) is 18.3 Å². The van der Waals surface area contributed by atoms with Crippen molar-refractivity contribution in [2.45, 2.75) is 64.5 Å². The van der Waals surface area contributed by atoms with Crippen molar-refractivity contribution < 1.29 is 28.6 Å².